The van der Waals surface area contributed by atoms with E-state index in [1.54, 1.807) is 12.1 Å². The molecule has 0 aliphatic carbocycles. The maximum Gasteiger partial charge on any atom is 0.284 e. The Morgan fingerprint density at radius 1 is 1.22 bits per heavy atom. The van der Waals surface area contributed by atoms with Gasteiger partial charge in [-0.1, -0.05) is 11.8 Å². The molecule has 0 aliphatic rings. The van der Waals surface area contributed by atoms with Crippen molar-refractivity contribution in [3.05, 3.63) is 42.7 Å². The lowest BCUT2D eigenvalue weighted by Gasteiger charge is -2.27. The molecule has 0 bridgehead atoms. The van der Waals surface area contributed by atoms with Gasteiger partial charge in [-0.25, -0.2) is 0 Å². The van der Waals surface area contributed by atoms with Gasteiger partial charge in [0, 0.05) is 24.0 Å². The van der Waals surface area contributed by atoms with E-state index in [2.05, 4.69) is 41.2 Å². The molecule has 0 saturated heterocycles. The molecular weight excluding hydrogens is 364 g/mol. The van der Waals surface area contributed by atoms with Gasteiger partial charge in [-0.15, -0.1) is 10.2 Å². The molecule has 0 radical (unpaired) electrons. The van der Waals surface area contributed by atoms with Crippen molar-refractivity contribution in [2.45, 2.75) is 32.0 Å². The highest BCUT2D eigenvalue weighted by Crippen LogP contribution is 2.24. The molecule has 0 spiro atoms. The average molecular weight is 386 g/mol. The van der Waals surface area contributed by atoms with Gasteiger partial charge in [-0.2, -0.15) is 0 Å². The minimum atomic E-state index is -0.137. The fraction of sp³-hybridized carbons (Fsp3) is 0.316. The number of nitrogens with one attached hydrogen (secondary N) is 1. The third-order valence-corrected chi connectivity index (χ3v) is 4.73. The first-order valence-electron chi connectivity index (χ1n) is 8.73. The van der Waals surface area contributed by atoms with Crippen molar-refractivity contribution < 1.29 is 13.6 Å². The number of hydrogen-bond acceptors (Lipinski definition) is 7. The molecule has 0 fully saturated rings. The van der Waals surface area contributed by atoms with Crippen LogP contribution in [0.25, 0.3) is 11.7 Å². The lowest BCUT2D eigenvalue weighted by atomic mass is 10.2. The largest absolute Gasteiger partial charge is 0.459 e. The van der Waals surface area contributed by atoms with Crippen LogP contribution in [0.15, 0.2) is 56.7 Å². The third-order valence-electron chi connectivity index (χ3n) is 3.91. The average Bonchev–Trinajstić information content (AvgIpc) is 3.33. The van der Waals surface area contributed by atoms with E-state index >= 15 is 0 Å². The zero-order valence-electron chi connectivity index (χ0n) is 15.5. The van der Waals surface area contributed by atoms with Gasteiger partial charge in [0.15, 0.2) is 5.76 Å². The predicted molar refractivity (Wildman–Crippen MR) is 106 cm³/mol. The van der Waals surface area contributed by atoms with Crippen LogP contribution in [-0.4, -0.2) is 34.4 Å². The van der Waals surface area contributed by atoms with Crippen LogP contribution in [0.5, 0.6) is 0 Å². The van der Waals surface area contributed by atoms with E-state index < -0.39 is 0 Å². The number of rotatable bonds is 8. The Kier molecular flexibility index (Phi) is 6.18. The topological polar surface area (TPSA) is 84.4 Å². The highest BCUT2D eigenvalue weighted by atomic mass is 32.2. The Balaban J connectivity index is 1.52. The smallest absolute Gasteiger partial charge is 0.284 e. The molecule has 2 heterocycles. The summed E-state index contributed by atoms with van der Waals surface area (Å²) < 4.78 is 10.7. The molecule has 2 aromatic heterocycles. The van der Waals surface area contributed by atoms with Gasteiger partial charge < -0.3 is 19.1 Å². The highest BCUT2D eigenvalue weighted by Gasteiger charge is 2.13. The van der Waals surface area contributed by atoms with E-state index in [1.807, 2.05) is 24.3 Å². The minimum absolute atomic E-state index is 0.137. The van der Waals surface area contributed by atoms with Gasteiger partial charge in [0.25, 0.3) is 11.1 Å². The highest BCUT2D eigenvalue weighted by molar-refractivity contribution is 7.99. The SMILES string of the molecule is CCN(c1ccc(NC(=O)CSc2nnc(-c3ccco3)o2)cc1)C(C)C. The van der Waals surface area contributed by atoms with Crippen LogP contribution in [0.2, 0.25) is 0 Å². The van der Waals surface area contributed by atoms with Crippen molar-refractivity contribution in [1.82, 2.24) is 10.2 Å². The molecule has 3 aromatic rings. The van der Waals surface area contributed by atoms with E-state index in [1.165, 1.54) is 18.0 Å². The first kappa shape index (κ1) is 19.0. The molecule has 0 saturated carbocycles. The number of hydrogen-bond donors (Lipinski definition) is 1. The summed E-state index contributed by atoms with van der Waals surface area (Å²) in [6, 6.07) is 11.7. The second-order valence-electron chi connectivity index (χ2n) is 6.11. The number of aromatic nitrogens is 2. The van der Waals surface area contributed by atoms with Crippen LogP contribution in [0, 0.1) is 0 Å². The summed E-state index contributed by atoms with van der Waals surface area (Å²) in [7, 11) is 0. The van der Waals surface area contributed by atoms with E-state index in [0.717, 1.165) is 17.9 Å². The summed E-state index contributed by atoms with van der Waals surface area (Å²) in [4.78, 5) is 14.4. The van der Waals surface area contributed by atoms with Crippen LogP contribution in [0.4, 0.5) is 11.4 Å². The van der Waals surface area contributed by atoms with Crippen molar-refractivity contribution in [2.24, 2.45) is 0 Å². The minimum Gasteiger partial charge on any atom is -0.459 e. The molecule has 1 amide bonds. The van der Waals surface area contributed by atoms with E-state index in [4.69, 9.17) is 8.83 Å². The first-order chi connectivity index (χ1) is 13.1. The molecule has 142 valence electrons. The molecule has 0 unspecified atom stereocenters. The van der Waals surface area contributed by atoms with E-state index in [-0.39, 0.29) is 11.7 Å². The third kappa shape index (κ3) is 4.91. The number of anilines is 2. The Hall–Kier alpha value is -2.74. The predicted octanol–water partition coefficient (Wildman–Crippen LogP) is 4.30. The molecule has 27 heavy (non-hydrogen) atoms. The second kappa shape index (κ2) is 8.77. The fourth-order valence-electron chi connectivity index (χ4n) is 2.67. The maximum atomic E-state index is 12.2. The normalized spacial score (nSPS) is 11.0. The molecule has 7 nitrogen and oxygen atoms in total. The van der Waals surface area contributed by atoms with Crippen molar-refractivity contribution in [3.8, 4) is 11.7 Å². The zero-order valence-corrected chi connectivity index (χ0v) is 16.3. The summed E-state index contributed by atoms with van der Waals surface area (Å²) in [6.07, 6.45) is 1.53. The summed E-state index contributed by atoms with van der Waals surface area (Å²) in [5, 5.41) is 11.0. The van der Waals surface area contributed by atoms with Gasteiger partial charge in [-0.3, -0.25) is 4.79 Å². The van der Waals surface area contributed by atoms with Gasteiger partial charge >= 0.3 is 0 Å². The summed E-state index contributed by atoms with van der Waals surface area (Å²) in [5.74, 6) is 0.835. The van der Waals surface area contributed by atoms with Crippen LogP contribution in [0.1, 0.15) is 20.8 Å². The van der Waals surface area contributed by atoms with Gasteiger partial charge in [0.2, 0.25) is 5.91 Å². The van der Waals surface area contributed by atoms with E-state index in [0.29, 0.717) is 22.9 Å². The lowest BCUT2D eigenvalue weighted by Crippen LogP contribution is -2.30. The molecule has 0 aliphatic heterocycles. The Morgan fingerprint density at radius 2 is 2.00 bits per heavy atom. The molecule has 8 heteroatoms. The van der Waals surface area contributed by atoms with Crippen LogP contribution in [0.3, 0.4) is 0 Å². The number of benzene rings is 1. The quantitative estimate of drug-likeness (QED) is 0.578. The van der Waals surface area contributed by atoms with Crippen molar-refractivity contribution in [1.29, 1.82) is 0 Å². The zero-order chi connectivity index (χ0) is 19.2. The monoisotopic (exact) mass is 386 g/mol. The lowest BCUT2D eigenvalue weighted by molar-refractivity contribution is -0.113. The van der Waals surface area contributed by atoms with Crippen molar-refractivity contribution >= 4 is 29.0 Å². The Labute approximate surface area is 162 Å². The standard InChI is InChI=1S/C19H22N4O3S/c1-4-23(13(2)3)15-9-7-14(8-10-15)20-17(24)12-27-19-22-21-18(26-19)16-6-5-11-25-16/h5-11,13H,4,12H2,1-3H3,(H,20,24). The van der Waals surface area contributed by atoms with Crippen LogP contribution < -0.4 is 10.2 Å². The molecule has 0 atom stereocenters. The number of nitrogens with zero attached hydrogens (tertiary/aromatic N) is 3. The number of carbonyl (C=O) groups excluding carboxylic acids is 1. The summed E-state index contributed by atoms with van der Waals surface area (Å²) >= 11 is 1.18. The number of furan rings is 1. The Bertz CT molecular complexity index is 859. The number of thioether (sulfide) groups is 1. The molecular formula is C19H22N4O3S. The van der Waals surface area contributed by atoms with Crippen LogP contribution in [-0.2, 0) is 4.79 Å². The van der Waals surface area contributed by atoms with Crippen molar-refractivity contribution in [3.63, 3.8) is 0 Å². The summed E-state index contributed by atoms with van der Waals surface area (Å²) in [6.45, 7) is 7.38. The molecule has 1 aromatic carbocycles. The van der Waals surface area contributed by atoms with E-state index in [9.17, 15) is 4.79 Å². The second-order valence-corrected chi connectivity index (χ2v) is 7.04. The maximum absolute atomic E-state index is 12.2. The first-order valence-corrected chi connectivity index (χ1v) is 9.72. The van der Waals surface area contributed by atoms with Crippen molar-refractivity contribution in [2.75, 3.05) is 22.5 Å². The Morgan fingerprint density at radius 3 is 2.63 bits per heavy atom. The van der Waals surface area contributed by atoms with Crippen LogP contribution >= 0.6 is 11.8 Å². The number of amides is 1. The van der Waals surface area contributed by atoms with Gasteiger partial charge in [-0.05, 0) is 57.2 Å². The van der Waals surface area contributed by atoms with Gasteiger partial charge in [0.05, 0.1) is 12.0 Å². The molecule has 1 N–H and O–H groups in total. The number of carbonyl (C=O) groups is 1. The summed E-state index contributed by atoms with van der Waals surface area (Å²) in [5.41, 5.74) is 1.89. The fourth-order valence-corrected chi connectivity index (χ4v) is 3.24. The molecule has 3 rings (SSSR count). The van der Waals surface area contributed by atoms with Gasteiger partial charge in [0.1, 0.15) is 0 Å².